The van der Waals surface area contributed by atoms with Gasteiger partial charge in [0.1, 0.15) is 10.6 Å². The molecule has 1 amide bonds. The second kappa shape index (κ2) is 5.14. The number of aromatic carboxylic acids is 1. The third-order valence-corrected chi connectivity index (χ3v) is 3.89. The predicted octanol–water partition coefficient (Wildman–Crippen LogP) is 2.78. The maximum Gasteiger partial charge on any atom is 0.340 e. The molecule has 0 unspecified atom stereocenters. The smallest absolute Gasteiger partial charge is 0.340 e. The Kier molecular flexibility index (Phi) is 3.72. The summed E-state index contributed by atoms with van der Waals surface area (Å²) in [5.74, 6) is -1.42. The first-order chi connectivity index (χ1) is 8.91. The number of hydrogen-bond donors (Lipinski definition) is 1. The zero-order chi connectivity index (χ0) is 14.2. The number of carboxylic acids is 1. The van der Waals surface area contributed by atoms with E-state index >= 15 is 0 Å². The number of anilines is 1. The second-order valence-electron chi connectivity index (χ2n) is 3.72. The lowest BCUT2D eigenvalue weighted by Crippen LogP contribution is -2.26. The van der Waals surface area contributed by atoms with Crippen LogP contribution in [0.25, 0.3) is 0 Å². The lowest BCUT2D eigenvalue weighted by atomic mass is 10.2. The summed E-state index contributed by atoms with van der Waals surface area (Å²) in [5, 5.41) is 9.42. The molecule has 2 rings (SSSR count). The first-order valence-corrected chi connectivity index (χ1v) is 6.71. The highest BCUT2D eigenvalue weighted by atomic mass is 79.9. The van der Waals surface area contributed by atoms with Crippen molar-refractivity contribution in [1.82, 2.24) is 4.37 Å². The summed E-state index contributed by atoms with van der Waals surface area (Å²) in [5.41, 5.74) is 0.416. The number of carboxylic acid groups (broad SMARTS) is 1. The van der Waals surface area contributed by atoms with Gasteiger partial charge in [-0.2, -0.15) is 4.37 Å². The summed E-state index contributed by atoms with van der Waals surface area (Å²) >= 11 is 4.07. The van der Waals surface area contributed by atoms with Crippen molar-refractivity contribution < 1.29 is 19.1 Å². The number of nitrogens with zero attached hydrogens (tertiary/aromatic N) is 2. The van der Waals surface area contributed by atoms with Gasteiger partial charge in [-0.25, -0.2) is 4.79 Å². The molecule has 0 aliphatic rings. The number of carbonyl (C=O) groups excluding carboxylic acids is 1. The highest BCUT2D eigenvalue weighted by Crippen LogP contribution is 2.29. The number of aryl methyl sites for hydroxylation is 1. The van der Waals surface area contributed by atoms with E-state index < -0.39 is 11.9 Å². The number of hydrogen-bond acceptors (Lipinski definition) is 5. The first-order valence-electron chi connectivity index (χ1n) is 5.14. The highest BCUT2D eigenvalue weighted by Gasteiger charge is 2.26. The lowest BCUT2D eigenvalue weighted by Gasteiger charge is -2.13. The monoisotopic (exact) mass is 344 g/mol. The summed E-state index contributed by atoms with van der Waals surface area (Å²) in [6.07, 6.45) is 0. The molecule has 0 aliphatic carbocycles. The van der Waals surface area contributed by atoms with Crippen molar-refractivity contribution in [3.63, 3.8) is 0 Å². The maximum atomic E-state index is 12.1. The van der Waals surface area contributed by atoms with Crippen molar-refractivity contribution >= 4 is 44.3 Å². The fraction of sp³-hybridized carbons (Fsp3) is 0.182. The molecular formula is C11H9BrN2O4S. The SMILES string of the molecule is Cc1nsc(N(C)C(=O)c2ccc(Br)o2)c1C(=O)O. The van der Waals surface area contributed by atoms with E-state index in [0.717, 1.165) is 11.5 Å². The largest absolute Gasteiger partial charge is 0.478 e. The average Bonchev–Trinajstić information content (AvgIpc) is 2.93. The van der Waals surface area contributed by atoms with E-state index in [2.05, 4.69) is 20.3 Å². The molecule has 0 aliphatic heterocycles. The molecular weight excluding hydrogens is 336 g/mol. The second-order valence-corrected chi connectivity index (χ2v) is 5.25. The summed E-state index contributed by atoms with van der Waals surface area (Å²) in [7, 11) is 1.48. The molecule has 19 heavy (non-hydrogen) atoms. The molecule has 0 radical (unpaired) electrons. The highest BCUT2D eigenvalue weighted by molar-refractivity contribution is 9.10. The molecule has 0 spiro atoms. The molecule has 0 fully saturated rings. The van der Waals surface area contributed by atoms with Crippen molar-refractivity contribution in [3.8, 4) is 0 Å². The molecule has 2 aromatic rings. The molecule has 100 valence electrons. The molecule has 2 aromatic heterocycles. The zero-order valence-electron chi connectivity index (χ0n) is 10.0. The van der Waals surface area contributed by atoms with Crippen LogP contribution in [0.15, 0.2) is 21.2 Å². The van der Waals surface area contributed by atoms with E-state index in [9.17, 15) is 9.59 Å². The topological polar surface area (TPSA) is 83.6 Å². The van der Waals surface area contributed by atoms with E-state index in [1.54, 1.807) is 13.0 Å². The Hall–Kier alpha value is -1.67. The van der Waals surface area contributed by atoms with Gasteiger partial charge in [0.15, 0.2) is 10.4 Å². The van der Waals surface area contributed by atoms with E-state index in [4.69, 9.17) is 9.52 Å². The van der Waals surface area contributed by atoms with Crippen molar-refractivity contribution in [2.75, 3.05) is 11.9 Å². The number of furan rings is 1. The molecule has 1 N–H and O–H groups in total. The maximum absolute atomic E-state index is 12.1. The van der Waals surface area contributed by atoms with Crippen LogP contribution in [0.1, 0.15) is 26.6 Å². The van der Waals surface area contributed by atoms with Gasteiger partial charge in [0.2, 0.25) is 0 Å². The van der Waals surface area contributed by atoms with Crippen LogP contribution in [0.2, 0.25) is 0 Å². The Morgan fingerprint density at radius 1 is 1.47 bits per heavy atom. The van der Waals surface area contributed by atoms with Gasteiger partial charge in [0, 0.05) is 7.05 Å². The molecule has 0 saturated carbocycles. The Morgan fingerprint density at radius 2 is 2.16 bits per heavy atom. The summed E-state index contributed by atoms with van der Waals surface area (Å²) < 4.78 is 9.56. The fourth-order valence-corrected chi connectivity index (χ4v) is 2.67. The van der Waals surface area contributed by atoms with Crippen LogP contribution in [-0.2, 0) is 0 Å². The third-order valence-electron chi connectivity index (χ3n) is 2.45. The van der Waals surface area contributed by atoms with E-state index in [0.29, 0.717) is 10.4 Å². The number of amides is 1. The predicted molar refractivity (Wildman–Crippen MR) is 73.0 cm³/mol. The van der Waals surface area contributed by atoms with E-state index in [-0.39, 0.29) is 16.3 Å². The summed E-state index contributed by atoms with van der Waals surface area (Å²) in [6.45, 7) is 1.59. The molecule has 0 saturated heterocycles. The minimum absolute atomic E-state index is 0.0338. The van der Waals surface area contributed by atoms with Gasteiger partial charge in [-0.15, -0.1) is 0 Å². The van der Waals surface area contributed by atoms with Crippen molar-refractivity contribution in [2.24, 2.45) is 0 Å². The van der Waals surface area contributed by atoms with Crippen molar-refractivity contribution in [3.05, 3.63) is 33.8 Å². The van der Waals surface area contributed by atoms with Crippen LogP contribution in [0.3, 0.4) is 0 Å². The molecule has 0 bridgehead atoms. The summed E-state index contributed by atoms with van der Waals surface area (Å²) in [4.78, 5) is 24.5. The van der Waals surface area contributed by atoms with Gasteiger partial charge in [0.05, 0.1) is 5.69 Å². The number of halogens is 1. The molecule has 0 atom stereocenters. The number of aromatic nitrogens is 1. The van der Waals surface area contributed by atoms with E-state index in [1.807, 2.05) is 0 Å². The quantitative estimate of drug-likeness (QED) is 0.925. The Bertz CT molecular complexity index is 649. The fourth-order valence-electron chi connectivity index (χ4n) is 1.52. The average molecular weight is 345 g/mol. The minimum atomic E-state index is -1.11. The van der Waals surface area contributed by atoms with Crippen LogP contribution in [-0.4, -0.2) is 28.4 Å². The zero-order valence-corrected chi connectivity index (χ0v) is 12.4. The lowest BCUT2D eigenvalue weighted by molar-refractivity contribution is 0.0697. The number of rotatable bonds is 3. The minimum Gasteiger partial charge on any atom is -0.478 e. The Balaban J connectivity index is 2.37. The molecule has 6 nitrogen and oxygen atoms in total. The van der Waals surface area contributed by atoms with Gasteiger partial charge in [0.25, 0.3) is 5.91 Å². The Labute approximate surface area is 120 Å². The van der Waals surface area contributed by atoms with Crippen LogP contribution in [0, 0.1) is 6.92 Å². The van der Waals surface area contributed by atoms with Gasteiger partial charge in [-0.1, -0.05) is 0 Å². The first kappa shape index (κ1) is 13.8. The van der Waals surface area contributed by atoms with Gasteiger partial charge < -0.3 is 9.52 Å². The van der Waals surface area contributed by atoms with Gasteiger partial charge in [-0.05, 0) is 46.5 Å². The van der Waals surface area contributed by atoms with Crippen LogP contribution >= 0.6 is 27.5 Å². The van der Waals surface area contributed by atoms with Crippen molar-refractivity contribution in [1.29, 1.82) is 0 Å². The standard InChI is InChI=1S/C11H9BrN2O4S/c1-5-8(11(16)17)10(19-13-5)14(2)9(15)6-3-4-7(12)18-6/h3-4H,1-2H3,(H,16,17). The molecule has 2 heterocycles. The number of carbonyl (C=O) groups is 2. The normalized spacial score (nSPS) is 10.5. The van der Waals surface area contributed by atoms with Crippen LogP contribution < -0.4 is 4.90 Å². The third kappa shape index (κ3) is 2.54. The van der Waals surface area contributed by atoms with Gasteiger partial charge in [-0.3, -0.25) is 9.69 Å². The Morgan fingerprint density at radius 3 is 2.68 bits per heavy atom. The van der Waals surface area contributed by atoms with Crippen LogP contribution in [0.4, 0.5) is 5.00 Å². The van der Waals surface area contributed by atoms with Gasteiger partial charge >= 0.3 is 5.97 Å². The van der Waals surface area contributed by atoms with Crippen LogP contribution in [0.5, 0.6) is 0 Å². The molecule has 0 aromatic carbocycles. The summed E-state index contributed by atoms with van der Waals surface area (Å²) in [6, 6.07) is 3.11. The molecule has 8 heteroatoms. The van der Waals surface area contributed by atoms with E-state index in [1.165, 1.54) is 18.0 Å². The van der Waals surface area contributed by atoms with Crippen molar-refractivity contribution in [2.45, 2.75) is 6.92 Å².